The second-order valence-corrected chi connectivity index (χ2v) is 5.86. The molecule has 2 aromatic rings. The van der Waals surface area contributed by atoms with E-state index in [9.17, 15) is 9.18 Å². The van der Waals surface area contributed by atoms with Gasteiger partial charge in [0.25, 0.3) is 0 Å². The van der Waals surface area contributed by atoms with Gasteiger partial charge in [0.15, 0.2) is 0 Å². The Bertz CT molecular complexity index is 660. The van der Waals surface area contributed by atoms with E-state index in [1.807, 2.05) is 12.3 Å². The highest BCUT2D eigenvalue weighted by Gasteiger charge is 2.15. The van der Waals surface area contributed by atoms with Crippen molar-refractivity contribution >= 4 is 17.4 Å². The largest absolute Gasteiger partial charge is 0.496 e. The Balaban J connectivity index is 1.94. The molecule has 0 spiro atoms. The van der Waals surface area contributed by atoms with Crippen LogP contribution in [0.15, 0.2) is 23.6 Å². The molecule has 5 nitrogen and oxygen atoms in total. The van der Waals surface area contributed by atoms with Crippen LogP contribution in [0.25, 0.3) is 0 Å². The van der Waals surface area contributed by atoms with Crippen molar-refractivity contribution in [2.45, 2.75) is 26.4 Å². The first-order valence-electron chi connectivity index (χ1n) is 6.78. The van der Waals surface area contributed by atoms with Crippen LogP contribution in [0, 0.1) is 12.7 Å². The number of benzene rings is 1. The van der Waals surface area contributed by atoms with E-state index in [1.54, 1.807) is 13.0 Å². The number of thiazole rings is 1. The van der Waals surface area contributed by atoms with Gasteiger partial charge in [-0.05, 0) is 32.0 Å². The van der Waals surface area contributed by atoms with Crippen LogP contribution >= 0.6 is 11.3 Å². The molecule has 0 aliphatic carbocycles. The smallest absolute Gasteiger partial charge is 0.315 e. The second kappa shape index (κ2) is 7.22. The average Bonchev–Trinajstić information content (AvgIpc) is 2.90. The summed E-state index contributed by atoms with van der Waals surface area (Å²) in [5.74, 6) is 0.159. The third kappa shape index (κ3) is 4.17. The van der Waals surface area contributed by atoms with Gasteiger partial charge in [0, 0.05) is 10.9 Å². The van der Waals surface area contributed by atoms with Crippen molar-refractivity contribution in [2.24, 2.45) is 0 Å². The van der Waals surface area contributed by atoms with Gasteiger partial charge in [0.1, 0.15) is 11.6 Å². The first kappa shape index (κ1) is 16.2. The van der Waals surface area contributed by atoms with Gasteiger partial charge in [-0.2, -0.15) is 0 Å². The van der Waals surface area contributed by atoms with E-state index in [0.717, 1.165) is 10.7 Å². The van der Waals surface area contributed by atoms with Gasteiger partial charge in [-0.25, -0.2) is 14.2 Å². The summed E-state index contributed by atoms with van der Waals surface area (Å²) in [7, 11) is 1.51. The highest BCUT2D eigenvalue weighted by Crippen LogP contribution is 2.25. The Labute approximate surface area is 132 Å². The SMILES string of the molecule is COc1ccc(F)cc1[C@@H](C)NC(=O)NCc1csc(C)n1. The van der Waals surface area contributed by atoms with Crippen LogP contribution in [0.1, 0.15) is 29.2 Å². The number of amides is 2. The van der Waals surface area contributed by atoms with Crippen LogP contribution in [0.5, 0.6) is 5.75 Å². The Morgan fingerprint density at radius 3 is 2.91 bits per heavy atom. The summed E-state index contributed by atoms with van der Waals surface area (Å²) in [6, 6.07) is 3.48. The molecule has 2 amide bonds. The van der Waals surface area contributed by atoms with E-state index >= 15 is 0 Å². The zero-order valence-corrected chi connectivity index (χ0v) is 13.5. The molecule has 22 heavy (non-hydrogen) atoms. The van der Waals surface area contributed by atoms with E-state index in [1.165, 1.54) is 30.6 Å². The van der Waals surface area contributed by atoms with E-state index in [4.69, 9.17) is 4.74 Å². The van der Waals surface area contributed by atoms with Crippen molar-refractivity contribution in [2.75, 3.05) is 7.11 Å². The van der Waals surface area contributed by atoms with Gasteiger partial charge in [0.05, 0.1) is 30.4 Å². The minimum Gasteiger partial charge on any atom is -0.496 e. The van der Waals surface area contributed by atoms with Crippen LogP contribution in [-0.4, -0.2) is 18.1 Å². The van der Waals surface area contributed by atoms with E-state index in [-0.39, 0.29) is 17.9 Å². The van der Waals surface area contributed by atoms with Gasteiger partial charge in [0.2, 0.25) is 0 Å². The molecule has 1 heterocycles. The molecule has 0 saturated heterocycles. The third-order valence-electron chi connectivity index (χ3n) is 3.10. The fraction of sp³-hybridized carbons (Fsp3) is 0.333. The molecular formula is C15H18FN3O2S. The van der Waals surface area contributed by atoms with Gasteiger partial charge in [-0.1, -0.05) is 0 Å². The average molecular weight is 323 g/mol. The molecule has 0 unspecified atom stereocenters. The first-order chi connectivity index (χ1) is 10.5. The van der Waals surface area contributed by atoms with Crippen LogP contribution in [-0.2, 0) is 6.54 Å². The maximum Gasteiger partial charge on any atom is 0.315 e. The Hall–Kier alpha value is -2.15. The predicted octanol–water partition coefficient (Wildman–Crippen LogP) is 3.16. The van der Waals surface area contributed by atoms with Crippen molar-refractivity contribution in [3.63, 3.8) is 0 Å². The summed E-state index contributed by atoms with van der Waals surface area (Å²) in [6.07, 6.45) is 0. The molecule has 2 rings (SSSR count). The number of nitrogens with one attached hydrogen (secondary N) is 2. The fourth-order valence-electron chi connectivity index (χ4n) is 2.03. The Morgan fingerprint density at radius 1 is 1.50 bits per heavy atom. The van der Waals surface area contributed by atoms with Gasteiger partial charge >= 0.3 is 6.03 Å². The zero-order valence-electron chi connectivity index (χ0n) is 12.6. The lowest BCUT2D eigenvalue weighted by Crippen LogP contribution is -2.36. The number of nitrogens with zero attached hydrogens (tertiary/aromatic N) is 1. The highest BCUT2D eigenvalue weighted by atomic mass is 32.1. The van der Waals surface area contributed by atoms with Crippen molar-refractivity contribution in [3.05, 3.63) is 45.7 Å². The number of aromatic nitrogens is 1. The molecule has 1 aromatic heterocycles. The third-order valence-corrected chi connectivity index (χ3v) is 3.92. The molecule has 0 saturated carbocycles. The van der Waals surface area contributed by atoms with Gasteiger partial charge in [-0.3, -0.25) is 0 Å². The minimum absolute atomic E-state index is 0.343. The predicted molar refractivity (Wildman–Crippen MR) is 83.6 cm³/mol. The Morgan fingerprint density at radius 2 is 2.27 bits per heavy atom. The molecule has 7 heteroatoms. The van der Waals surface area contributed by atoms with Crippen LogP contribution in [0.4, 0.5) is 9.18 Å². The zero-order chi connectivity index (χ0) is 16.1. The lowest BCUT2D eigenvalue weighted by Gasteiger charge is -2.17. The molecule has 118 valence electrons. The van der Waals surface area contributed by atoms with Crippen molar-refractivity contribution in [3.8, 4) is 5.75 Å². The number of hydrogen-bond acceptors (Lipinski definition) is 4. The van der Waals surface area contributed by atoms with E-state index < -0.39 is 0 Å². The monoisotopic (exact) mass is 323 g/mol. The van der Waals surface area contributed by atoms with E-state index in [2.05, 4.69) is 15.6 Å². The molecule has 0 bridgehead atoms. The number of hydrogen-bond donors (Lipinski definition) is 2. The summed E-state index contributed by atoms with van der Waals surface area (Å²) in [6.45, 7) is 4.03. The summed E-state index contributed by atoms with van der Waals surface area (Å²) >= 11 is 1.53. The lowest BCUT2D eigenvalue weighted by molar-refractivity contribution is 0.237. The van der Waals surface area contributed by atoms with Crippen LogP contribution in [0.3, 0.4) is 0 Å². The topological polar surface area (TPSA) is 63.2 Å². The molecule has 2 N–H and O–H groups in total. The van der Waals surface area contributed by atoms with Crippen LogP contribution in [0.2, 0.25) is 0 Å². The maximum absolute atomic E-state index is 13.4. The number of ether oxygens (including phenoxy) is 1. The van der Waals surface area contributed by atoms with Gasteiger partial charge < -0.3 is 15.4 Å². The highest BCUT2D eigenvalue weighted by molar-refractivity contribution is 7.09. The van der Waals surface area contributed by atoms with E-state index in [0.29, 0.717) is 17.9 Å². The number of halogens is 1. The first-order valence-corrected chi connectivity index (χ1v) is 7.66. The summed E-state index contributed by atoms with van der Waals surface area (Å²) < 4.78 is 18.6. The number of carbonyl (C=O) groups excluding carboxylic acids is 1. The summed E-state index contributed by atoms with van der Waals surface area (Å²) in [5, 5.41) is 8.33. The molecule has 0 aliphatic heterocycles. The number of aryl methyl sites for hydroxylation is 1. The van der Waals surface area contributed by atoms with Gasteiger partial charge in [-0.15, -0.1) is 11.3 Å². The Kier molecular flexibility index (Phi) is 5.32. The maximum atomic E-state index is 13.4. The summed E-state index contributed by atoms with van der Waals surface area (Å²) in [4.78, 5) is 16.2. The summed E-state index contributed by atoms with van der Waals surface area (Å²) in [5.41, 5.74) is 1.40. The minimum atomic E-state index is -0.386. The van der Waals surface area contributed by atoms with Crippen molar-refractivity contribution in [1.82, 2.24) is 15.6 Å². The fourth-order valence-corrected chi connectivity index (χ4v) is 2.64. The van der Waals surface area contributed by atoms with Crippen molar-refractivity contribution in [1.29, 1.82) is 0 Å². The molecular weight excluding hydrogens is 305 g/mol. The lowest BCUT2D eigenvalue weighted by atomic mass is 10.1. The number of urea groups is 1. The number of carbonyl (C=O) groups is 1. The van der Waals surface area contributed by atoms with Crippen LogP contribution < -0.4 is 15.4 Å². The second-order valence-electron chi connectivity index (χ2n) is 4.79. The molecule has 0 radical (unpaired) electrons. The molecule has 0 fully saturated rings. The normalized spacial score (nSPS) is 11.8. The quantitative estimate of drug-likeness (QED) is 0.888. The molecule has 0 aliphatic rings. The number of rotatable bonds is 5. The molecule has 1 aromatic carbocycles. The van der Waals surface area contributed by atoms with Crippen molar-refractivity contribution < 1.29 is 13.9 Å². The molecule has 1 atom stereocenters. The number of methoxy groups -OCH3 is 1. The standard InChI is InChI=1S/C15H18FN3O2S/c1-9(13-6-11(16)4-5-14(13)21-3)18-15(20)17-7-12-8-22-10(2)19-12/h4-6,8-9H,7H2,1-3H3,(H2,17,18,20)/t9-/m1/s1.